The van der Waals surface area contributed by atoms with Gasteiger partial charge in [-0.2, -0.15) is 0 Å². The number of carbonyl (C=O) groups is 1. The van der Waals surface area contributed by atoms with Gasteiger partial charge in [-0.1, -0.05) is 24.6 Å². The lowest BCUT2D eigenvalue weighted by Crippen LogP contribution is -2.14. The summed E-state index contributed by atoms with van der Waals surface area (Å²) in [7, 11) is 0. The molecule has 0 aliphatic carbocycles. The van der Waals surface area contributed by atoms with Crippen molar-refractivity contribution in [2.75, 3.05) is 12.3 Å². The maximum atomic E-state index is 11.8. The van der Waals surface area contributed by atoms with Gasteiger partial charge in [-0.3, -0.25) is 0 Å². The predicted octanol–water partition coefficient (Wildman–Crippen LogP) is 3.35. The minimum atomic E-state index is -0.425. The number of nitrogens with zero attached hydrogens (tertiary/aromatic N) is 2. The number of hydrogen-bond donors (Lipinski definition) is 1. The highest BCUT2D eigenvalue weighted by Crippen LogP contribution is 2.16. The molecule has 1 heterocycles. The molecular weight excluding hydrogens is 278 g/mol. The Labute approximate surface area is 124 Å². The Morgan fingerprint density at radius 3 is 2.90 bits per heavy atom. The second kappa shape index (κ2) is 8.64. The van der Waals surface area contributed by atoms with Crippen molar-refractivity contribution < 1.29 is 9.53 Å². The van der Waals surface area contributed by atoms with E-state index in [-0.39, 0.29) is 5.82 Å². The summed E-state index contributed by atoms with van der Waals surface area (Å²) in [5, 5.41) is 0.892. The number of carbonyl (C=O) groups excluding carboxylic acids is 1. The lowest BCUT2D eigenvalue weighted by Gasteiger charge is -2.08. The predicted molar refractivity (Wildman–Crippen MR) is 80.7 cm³/mol. The van der Waals surface area contributed by atoms with Gasteiger partial charge < -0.3 is 15.0 Å². The summed E-state index contributed by atoms with van der Waals surface area (Å²) in [6, 6.07) is 0. The third-order valence-corrected chi connectivity index (χ3v) is 3.17. The van der Waals surface area contributed by atoms with Gasteiger partial charge in [0.1, 0.15) is 0 Å². The fraction of sp³-hybridized carbons (Fsp3) is 0.571. The molecule has 5 nitrogen and oxygen atoms in total. The van der Waals surface area contributed by atoms with Crippen LogP contribution in [0.1, 0.15) is 50.0 Å². The number of anilines is 1. The molecule has 0 radical (unpaired) electrons. The number of aromatic nitrogens is 2. The van der Waals surface area contributed by atoms with E-state index in [1.165, 1.54) is 0 Å². The molecular formula is C14H22ClN3O2. The van der Waals surface area contributed by atoms with E-state index < -0.39 is 5.97 Å². The molecule has 0 bridgehead atoms. The standard InChI is InChI=1S/C14H22ClN3O2/c1-3-7-11(15)8-5-6-9-18-10-17-13(16)12(18)14(19)20-4-2/h7,10H,3-6,8-9,16H2,1-2H3. The van der Waals surface area contributed by atoms with Crippen LogP contribution >= 0.6 is 11.6 Å². The van der Waals surface area contributed by atoms with Crippen LogP contribution in [-0.2, 0) is 11.3 Å². The van der Waals surface area contributed by atoms with Crippen LogP contribution in [0.3, 0.4) is 0 Å². The van der Waals surface area contributed by atoms with Gasteiger partial charge in [0.15, 0.2) is 11.5 Å². The summed E-state index contributed by atoms with van der Waals surface area (Å²) in [4.78, 5) is 15.7. The molecule has 1 aromatic heterocycles. The molecule has 0 aromatic carbocycles. The molecule has 112 valence electrons. The van der Waals surface area contributed by atoms with Crippen LogP contribution in [-0.4, -0.2) is 22.1 Å². The first-order chi connectivity index (χ1) is 9.60. The summed E-state index contributed by atoms with van der Waals surface area (Å²) in [6.45, 7) is 4.81. The van der Waals surface area contributed by atoms with E-state index in [0.717, 1.165) is 30.7 Å². The molecule has 0 fully saturated rings. The summed E-state index contributed by atoms with van der Waals surface area (Å²) >= 11 is 6.04. The number of esters is 1. The van der Waals surface area contributed by atoms with Crippen molar-refractivity contribution in [3.05, 3.63) is 23.1 Å². The second-order valence-corrected chi connectivity index (χ2v) is 4.89. The van der Waals surface area contributed by atoms with Crippen LogP contribution in [0.15, 0.2) is 17.4 Å². The number of halogens is 1. The first kappa shape index (κ1) is 16.6. The van der Waals surface area contributed by atoms with E-state index in [1.54, 1.807) is 17.8 Å². The topological polar surface area (TPSA) is 70.1 Å². The molecule has 0 aliphatic rings. The van der Waals surface area contributed by atoms with Crippen LogP contribution in [0.5, 0.6) is 0 Å². The zero-order valence-corrected chi connectivity index (χ0v) is 12.8. The van der Waals surface area contributed by atoms with Crippen molar-refractivity contribution >= 4 is 23.4 Å². The molecule has 0 unspecified atom stereocenters. The number of ether oxygens (including phenoxy) is 1. The lowest BCUT2D eigenvalue weighted by molar-refractivity contribution is 0.0515. The molecule has 1 aromatic rings. The van der Waals surface area contributed by atoms with Gasteiger partial charge in [-0.25, -0.2) is 9.78 Å². The van der Waals surface area contributed by atoms with Gasteiger partial charge in [0.05, 0.1) is 12.9 Å². The number of unbranched alkanes of at least 4 members (excludes halogenated alkanes) is 1. The normalized spacial score (nSPS) is 11.7. The number of nitrogens with two attached hydrogens (primary N) is 1. The van der Waals surface area contributed by atoms with Gasteiger partial charge in [0, 0.05) is 11.6 Å². The Morgan fingerprint density at radius 1 is 1.50 bits per heavy atom. The average molecular weight is 300 g/mol. The fourth-order valence-corrected chi connectivity index (χ4v) is 2.18. The molecule has 0 atom stereocenters. The molecule has 0 saturated carbocycles. The van der Waals surface area contributed by atoms with Gasteiger partial charge in [-0.15, -0.1) is 0 Å². The molecule has 6 heteroatoms. The molecule has 20 heavy (non-hydrogen) atoms. The van der Waals surface area contributed by atoms with Crippen LogP contribution in [0, 0.1) is 0 Å². The smallest absolute Gasteiger partial charge is 0.358 e. The summed E-state index contributed by atoms with van der Waals surface area (Å²) in [5.41, 5.74) is 6.04. The third kappa shape index (κ3) is 4.89. The van der Waals surface area contributed by atoms with Gasteiger partial charge in [0.25, 0.3) is 0 Å². The van der Waals surface area contributed by atoms with E-state index in [0.29, 0.717) is 18.8 Å². The minimum absolute atomic E-state index is 0.215. The third-order valence-electron chi connectivity index (χ3n) is 2.83. The van der Waals surface area contributed by atoms with Gasteiger partial charge >= 0.3 is 5.97 Å². The van der Waals surface area contributed by atoms with E-state index in [1.807, 2.05) is 6.08 Å². The van der Waals surface area contributed by atoms with Crippen LogP contribution in [0.2, 0.25) is 0 Å². The second-order valence-electron chi connectivity index (χ2n) is 4.41. The highest BCUT2D eigenvalue weighted by Gasteiger charge is 2.17. The Balaban J connectivity index is 2.52. The fourth-order valence-electron chi connectivity index (χ4n) is 1.89. The SMILES string of the molecule is CCC=C(Cl)CCCCn1cnc(N)c1C(=O)OCC. The van der Waals surface area contributed by atoms with Crippen LogP contribution < -0.4 is 5.73 Å². The van der Waals surface area contributed by atoms with E-state index in [9.17, 15) is 4.79 Å². The number of nitrogen functional groups attached to an aromatic ring is 1. The van der Waals surface area contributed by atoms with E-state index >= 15 is 0 Å². The van der Waals surface area contributed by atoms with Gasteiger partial charge in [-0.05, 0) is 32.6 Å². The molecule has 1 rings (SSSR count). The Bertz CT molecular complexity index is 469. The van der Waals surface area contributed by atoms with Crippen molar-refractivity contribution in [2.45, 2.75) is 46.1 Å². The summed E-state index contributed by atoms with van der Waals surface area (Å²) < 4.78 is 6.72. The minimum Gasteiger partial charge on any atom is -0.461 e. The molecule has 0 saturated heterocycles. The summed E-state index contributed by atoms with van der Waals surface area (Å²) in [6.07, 6.45) is 7.25. The number of aryl methyl sites for hydroxylation is 1. The Morgan fingerprint density at radius 2 is 2.25 bits per heavy atom. The van der Waals surface area contributed by atoms with E-state index in [4.69, 9.17) is 22.1 Å². The van der Waals surface area contributed by atoms with Crippen molar-refractivity contribution in [3.63, 3.8) is 0 Å². The average Bonchev–Trinajstić information content (AvgIpc) is 2.76. The molecule has 0 aliphatic heterocycles. The lowest BCUT2D eigenvalue weighted by atomic mass is 10.2. The number of hydrogen-bond acceptors (Lipinski definition) is 4. The van der Waals surface area contributed by atoms with Crippen molar-refractivity contribution in [2.24, 2.45) is 0 Å². The Kier molecular flexibility index (Phi) is 7.15. The first-order valence-corrected chi connectivity index (χ1v) is 7.30. The Hall–Kier alpha value is -1.49. The zero-order chi connectivity index (χ0) is 15.0. The summed E-state index contributed by atoms with van der Waals surface area (Å²) in [5.74, 6) is -0.209. The maximum absolute atomic E-state index is 11.8. The van der Waals surface area contributed by atoms with Crippen molar-refractivity contribution in [1.82, 2.24) is 9.55 Å². The largest absolute Gasteiger partial charge is 0.461 e. The molecule has 0 amide bonds. The first-order valence-electron chi connectivity index (χ1n) is 6.92. The van der Waals surface area contributed by atoms with Crippen LogP contribution in [0.25, 0.3) is 0 Å². The van der Waals surface area contributed by atoms with Gasteiger partial charge in [0.2, 0.25) is 0 Å². The van der Waals surface area contributed by atoms with Crippen LogP contribution in [0.4, 0.5) is 5.82 Å². The van der Waals surface area contributed by atoms with E-state index in [2.05, 4.69) is 11.9 Å². The zero-order valence-electron chi connectivity index (χ0n) is 12.1. The molecule has 0 spiro atoms. The highest BCUT2D eigenvalue weighted by atomic mass is 35.5. The maximum Gasteiger partial charge on any atom is 0.358 e. The number of rotatable bonds is 8. The number of allylic oxidation sites excluding steroid dienone is 2. The van der Waals surface area contributed by atoms with Crippen molar-refractivity contribution in [3.8, 4) is 0 Å². The highest BCUT2D eigenvalue weighted by molar-refractivity contribution is 6.29. The molecule has 2 N–H and O–H groups in total. The van der Waals surface area contributed by atoms with Crippen molar-refractivity contribution in [1.29, 1.82) is 0 Å². The monoisotopic (exact) mass is 299 g/mol. The quantitative estimate of drug-likeness (QED) is 0.590. The number of imidazole rings is 1.